The van der Waals surface area contributed by atoms with Gasteiger partial charge >= 0.3 is 5.97 Å². The molecule has 0 saturated carbocycles. The zero-order valence-electron chi connectivity index (χ0n) is 14.3. The van der Waals surface area contributed by atoms with Crippen LogP contribution in [0.15, 0.2) is 48.5 Å². The van der Waals surface area contributed by atoms with Crippen LogP contribution in [-0.4, -0.2) is 30.6 Å². The summed E-state index contributed by atoms with van der Waals surface area (Å²) < 4.78 is 5.38. The quantitative estimate of drug-likeness (QED) is 0.906. The van der Waals surface area contributed by atoms with Gasteiger partial charge in [-0.1, -0.05) is 43.3 Å². The normalized spacial score (nSPS) is 17.0. The van der Waals surface area contributed by atoms with Crippen molar-refractivity contribution in [3.8, 4) is 5.75 Å². The van der Waals surface area contributed by atoms with Crippen LogP contribution in [0.25, 0.3) is 0 Å². The molecule has 1 aliphatic rings. The van der Waals surface area contributed by atoms with Crippen molar-refractivity contribution in [2.24, 2.45) is 0 Å². The summed E-state index contributed by atoms with van der Waals surface area (Å²) in [5, 5.41) is 9.43. The average molecular weight is 339 g/mol. The van der Waals surface area contributed by atoms with Gasteiger partial charge in [-0.15, -0.1) is 0 Å². The summed E-state index contributed by atoms with van der Waals surface area (Å²) in [5.74, 6) is -0.912. The summed E-state index contributed by atoms with van der Waals surface area (Å²) >= 11 is 0. The highest BCUT2D eigenvalue weighted by Gasteiger charge is 2.36. The predicted octanol–water partition coefficient (Wildman–Crippen LogP) is 3.40. The third-order valence-electron chi connectivity index (χ3n) is 4.72. The first kappa shape index (κ1) is 17.0. The second-order valence-electron chi connectivity index (χ2n) is 6.30. The molecule has 5 heteroatoms. The van der Waals surface area contributed by atoms with Crippen molar-refractivity contribution < 1.29 is 19.4 Å². The number of carboxylic acid groups (broad SMARTS) is 1. The van der Waals surface area contributed by atoms with Crippen molar-refractivity contribution in [3.05, 3.63) is 59.7 Å². The van der Waals surface area contributed by atoms with E-state index in [1.165, 1.54) is 0 Å². The number of anilines is 1. The molecule has 2 aromatic carbocycles. The van der Waals surface area contributed by atoms with Gasteiger partial charge in [-0.2, -0.15) is 0 Å². The van der Waals surface area contributed by atoms with Crippen LogP contribution in [0.5, 0.6) is 5.75 Å². The molecule has 2 atom stereocenters. The largest absolute Gasteiger partial charge is 0.496 e. The van der Waals surface area contributed by atoms with Gasteiger partial charge in [0, 0.05) is 18.7 Å². The number of nitrogens with zero attached hydrogens (tertiary/aromatic N) is 1. The Bertz CT molecular complexity index is 802. The Kier molecular flexibility index (Phi) is 4.74. The lowest BCUT2D eigenvalue weighted by Gasteiger charge is -2.21. The fourth-order valence-corrected chi connectivity index (χ4v) is 3.41. The molecular weight excluding hydrogens is 318 g/mol. The van der Waals surface area contributed by atoms with E-state index >= 15 is 0 Å². The molecule has 0 aliphatic carbocycles. The maximum absolute atomic E-state index is 12.9. The minimum atomic E-state index is -0.902. The van der Waals surface area contributed by atoms with E-state index in [1.807, 2.05) is 43.3 Å². The Morgan fingerprint density at radius 3 is 2.60 bits per heavy atom. The van der Waals surface area contributed by atoms with Crippen LogP contribution in [0, 0.1) is 0 Å². The highest BCUT2D eigenvalue weighted by molar-refractivity contribution is 5.99. The summed E-state index contributed by atoms with van der Waals surface area (Å²) in [6, 6.07) is 14.9. The molecule has 1 heterocycles. The minimum Gasteiger partial charge on any atom is -0.496 e. The van der Waals surface area contributed by atoms with Crippen molar-refractivity contribution in [2.45, 2.75) is 25.2 Å². The third-order valence-corrected chi connectivity index (χ3v) is 4.72. The van der Waals surface area contributed by atoms with Crippen LogP contribution in [-0.2, 0) is 9.59 Å². The first-order valence-corrected chi connectivity index (χ1v) is 8.28. The van der Waals surface area contributed by atoms with Crippen LogP contribution in [0.1, 0.15) is 36.3 Å². The molecule has 0 bridgehead atoms. The van der Waals surface area contributed by atoms with E-state index in [2.05, 4.69) is 0 Å². The molecule has 2 unspecified atom stereocenters. The molecule has 2 aromatic rings. The summed E-state index contributed by atoms with van der Waals surface area (Å²) in [6.45, 7) is 2.17. The lowest BCUT2D eigenvalue weighted by Crippen LogP contribution is -2.32. The molecule has 1 N–H and O–H groups in total. The zero-order valence-corrected chi connectivity index (χ0v) is 14.3. The van der Waals surface area contributed by atoms with Crippen molar-refractivity contribution >= 4 is 17.6 Å². The number of aliphatic carboxylic acids is 1. The molecular formula is C20H21NO4. The van der Waals surface area contributed by atoms with Gasteiger partial charge < -0.3 is 14.7 Å². The van der Waals surface area contributed by atoms with Gasteiger partial charge in [0.1, 0.15) is 11.7 Å². The van der Waals surface area contributed by atoms with Gasteiger partial charge in [0.25, 0.3) is 0 Å². The van der Waals surface area contributed by atoms with Crippen LogP contribution in [0.4, 0.5) is 5.69 Å². The van der Waals surface area contributed by atoms with Crippen molar-refractivity contribution in [2.75, 3.05) is 18.6 Å². The van der Waals surface area contributed by atoms with Gasteiger partial charge in [-0.05, 0) is 29.2 Å². The van der Waals surface area contributed by atoms with E-state index in [0.717, 1.165) is 11.3 Å². The molecule has 0 fully saturated rings. The number of hydrogen-bond donors (Lipinski definition) is 1. The number of ether oxygens (including phenoxy) is 1. The van der Waals surface area contributed by atoms with Gasteiger partial charge in [-0.25, -0.2) is 0 Å². The molecule has 1 amide bonds. The Morgan fingerprint density at radius 1 is 1.20 bits per heavy atom. The number of rotatable bonds is 5. The Hall–Kier alpha value is -2.82. The predicted molar refractivity (Wildman–Crippen MR) is 95.2 cm³/mol. The van der Waals surface area contributed by atoms with E-state index in [9.17, 15) is 14.7 Å². The lowest BCUT2D eigenvalue weighted by molar-refractivity contribution is -0.138. The fourth-order valence-electron chi connectivity index (χ4n) is 3.41. The number of amides is 1. The van der Waals surface area contributed by atoms with E-state index in [-0.39, 0.29) is 18.4 Å². The molecule has 3 rings (SSSR count). The third kappa shape index (κ3) is 3.22. The molecule has 5 nitrogen and oxygen atoms in total. The van der Waals surface area contributed by atoms with Crippen LogP contribution in [0.3, 0.4) is 0 Å². The van der Waals surface area contributed by atoms with E-state index in [4.69, 9.17) is 4.74 Å². The van der Waals surface area contributed by atoms with Crippen molar-refractivity contribution in [1.29, 1.82) is 0 Å². The summed E-state index contributed by atoms with van der Waals surface area (Å²) in [7, 11) is 1.61. The number of carboxylic acids is 1. The van der Waals surface area contributed by atoms with Crippen LogP contribution >= 0.6 is 0 Å². The number of para-hydroxylation sites is 2. The number of methoxy groups -OCH3 is 1. The van der Waals surface area contributed by atoms with Crippen LogP contribution in [0.2, 0.25) is 0 Å². The second-order valence-corrected chi connectivity index (χ2v) is 6.30. The Morgan fingerprint density at radius 2 is 1.88 bits per heavy atom. The molecule has 1 aliphatic heterocycles. The molecule has 130 valence electrons. The smallest absolute Gasteiger partial charge is 0.312 e. The standard InChI is InChI=1S/C20H21NO4/c1-13(14-7-4-6-10-18(14)25-2)11-19(22)21-12-16(20(23)24)15-8-3-5-9-17(15)21/h3-10,13,16H,11-12H2,1-2H3,(H,23,24). The number of hydrogen-bond acceptors (Lipinski definition) is 3. The Labute approximate surface area is 146 Å². The minimum absolute atomic E-state index is 0.0281. The van der Waals surface area contributed by atoms with Gasteiger partial charge in [-0.3, -0.25) is 9.59 Å². The molecule has 0 aromatic heterocycles. The first-order chi connectivity index (χ1) is 12.0. The number of carbonyl (C=O) groups is 2. The van der Waals surface area contributed by atoms with Gasteiger partial charge in [0.15, 0.2) is 0 Å². The van der Waals surface area contributed by atoms with E-state index in [1.54, 1.807) is 24.1 Å². The lowest BCUT2D eigenvalue weighted by atomic mass is 9.96. The second kappa shape index (κ2) is 6.97. The van der Waals surface area contributed by atoms with E-state index < -0.39 is 11.9 Å². The summed E-state index contributed by atoms with van der Waals surface area (Å²) in [5.41, 5.74) is 2.38. The summed E-state index contributed by atoms with van der Waals surface area (Å²) in [6.07, 6.45) is 0.293. The molecule has 0 radical (unpaired) electrons. The molecule has 25 heavy (non-hydrogen) atoms. The maximum atomic E-state index is 12.9. The maximum Gasteiger partial charge on any atom is 0.312 e. The van der Waals surface area contributed by atoms with Gasteiger partial charge in [0.2, 0.25) is 5.91 Å². The van der Waals surface area contributed by atoms with E-state index in [0.29, 0.717) is 17.7 Å². The SMILES string of the molecule is COc1ccccc1C(C)CC(=O)N1CC(C(=O)O)c2ccccc21. The number of benzene rings is 2. The topological polar surface area (TPSA) is 66.8 Å². The Balaban J connectivity index is 1.81. The monoisotopic (exact) mass is 339 g/mol. The highest BCUT2D eigenvalue weighted by atomic mass is 16.5. The average Bonchev–Trinajstić information content (AvgIpc) is 3.01. The highest BCUT2D eigenvalue weighted by Crippen LogP contribution is 2.38. The molecule has 0 spiro atoms. The fraction of sp³-hybridized carbons (Fsp3) is 0.300. The van der Waals surface area contributed by atoms with Crippen LogP contribution < -0.4 is 9.64 Å². The summed E-state index contributed by atoms with van der Waals surface area (Å²) in [4.78, 5) is 26.0. The van der Waals surface area contributed by atoms with Crippen molar-refractivity contribution in [1.82, 2.24) is 0 Å². The number of fused-ring (bicyclic) bond motifs is 1. The first-order valence-electron chi connectivity index (χ1n) is 8.28. The number of carbonyl (C=O) groups excluding carboxylic acids is 1. The van der Waals surface area contributed by atoms with Crippen molar-refractivity contribution in [3.63, 3.8) is 0 Å². The zero-order chi connectivity index (χ0) is 18.0. The van der Waals surface area contributed by atoms with Gasteiger partial charge in [0.05, 0.1) is 7.11 Å². The molecule has 0 saturated heterocycles.